The molecule has 6 heteroatoms. The third-order valence-corrected chi connectivity index (χ3v) is 4.54. The maximum absolute atomic E-state index is 11.9. The number of nitrogens with two attached hydrogens (primary N) is 1. The van der Waals surface area contributed by atoms with Gasteiger partial charge < -0.3 is 11.1 Å². The van der Waals surface area contributed by atoms with Gasteiger partial charge in [0.1, 0.15) is 5.01 Å². The van der Waals surface area contributed by atoms with Gasteiger partial charge in [0.05, 0.1) is 17.0 Å². The quantitative estimate of drug-likeness (QED) is 0.889. The van der Waals surface area contributed by atoms with Crippen LogP contribution in [0.25, 0.3) is 9.88 Å². The molecule has 0 unspecified atom stereocenters. The Hall–Kier alpha value is -1.24. The predicted octanol–water partition coefficient (Wildman–Crippen LogP) is 2.27. The summed E-state index contributed by atoms with van der Waals surface area (Å²) in [4.78, 5) is 17.5. The molecular weight excluding hydrogens is 278 g/mol. The van der Waals surface area contributed by atoms with Crippen LogP contribution in [0, 0.1) is 0 Å². The van der Waals surface area contributed by atoms with Crippen LogP contribution in [0.4, 0.5) is 0 Å². The van der Waals surface area contributed by atoms with E-state index in [1.54, 1.807) is 22.7 Å². The summed E-state index contributed by atoms with van der Waals surface area (Å²) in [5, 5.41) is 7.83. The highest BCUT2D eigenvalue weighted by atomic mass is 32.1. The SMILES string of the molecule is CC(C)(CN)NC(=O)Cc1csc(-c2cccs2)n1. The molecule has 2 aromatic heterocycles. The normalized spacial score (nSPS) is 11.5. The second kappa shape index (κ2) is 5.81. The Kier molecular flexibility index (Phi) is 4.34. The van der Waals surface area contributed by atoms with E-state index in [0.717, 1.165) is 15.6 Å². The van der Waals surface area contributed by atoms with Crippen LogP contribution in [0.3, 0.4) is 0 Å². The molecule has 0 aliphatic carbocycles. The van der Waals surface area contributed by atoms with Gasteiger partial charge in [-0.25, -0.2) is 4.98 Å². The second-order valence-corrected chi connectivity index (χ2v) is 6.74. The summed E-state index contributed by atoms with van der Waals surface area (Å²) >= 11 is 3.22. The molecule has 0 aliphatic heterocycles. The van der Waals surface area contributed by atoms with Crippen LogP contribution in [-0.2, 0) is 11.2 Å². The van der Waals surface area contributed by atoms with Gasteiger partial charge in [0.25, 0.3) is 0 Å². The standard InChI is InChI=1S/C13H17N3OS2/c1-13(2,8-14)16-11(17)6-9-7-19-12(15-9)10-4-3-5-18-10/h3-5,7H,6,8,14H2,1-2H3,(H,16,17). The summed E-state index contributed by atoms with van der Waals surface area (Å²) in [5.41, 5.74) is 6.02. The van der Waals surface area contributed by atoms with Crippen molar-refractivity contribution in [2.45, 2.75) is 25.8 Å². The molecule has 0 radical (unpaired) electrons. The van der Waals surface area contributed by atoms with Gasteiger partial charge in [0, 0.05) is 17.5 Å². The summed E-state index contributed by atoms with van der Waals surface area (Å²) in [6.45, 7) is 4.22. The molecule has 0 aliphatic rings. The first kappa shape index (κ1) is 14.2. The first-order valence-corrected chi connectivity index (χ1v) is 7.75. The van der Waals surface area contributed by atoms with Gasteiger partial charge in [-0.05, 0) is 25.3 Å². The van der Waals surface area contributed by atoms with Crippen molar-refractivity contribution >= 4 is 28.6 Å². The van der Waals surface area contributed by atoms with Gasteiger partial charge in [-0.1, -0.05) is 6.07 Å². The smallest absolute Gasteiger partial charge is 0.226 e. The number of hydrogen-bond donors (Lipinski definition) is 2. The predicted molar refractivity (Wildman–Crippen MR) is 80.4 cm³/mol. The minimum absolute atomic E-state index is 0.0431. The lowest BCUT2D eigenvalue weighted by Crippen LogP contribution is -2.49. The molecule has 2 rings (SSSR count). The van der Waals surface area contributed by atoms with Crippen LogP contribution < -0.4 is 11.1 Å². The summed E-state index contributed by atoms with van der Waals surface area (Å²) in [5.74, 6) is -0.0431. The first-order valence-electron chi connectivity index (χ1n) is 5.99. The molecule has 0 saturated heterocycles. The fourth-order valence-electron chi connectivity index (χ4n) is 1.54. The van der Waals surface area contributed by atoms with Crippen molar-refractivity contribution in [1.82, 2.24) is 10.3 Å². The highest BCUT2D eigenvalue weighted by Gasteiger charge is 2.19. The largest absolute Gasteiger partial charge is 0.350 e. The molecule has 102 valence electrons. The highest BCUT2D eigenvalue weighted by molar-refractivity contribution is 7.20. The van der Waals surface area contributed by atoms with Crippen molar-refractivity contribution < 1.29 is 4.79 Å². The minimum atomic E-state index is -0.371. The topological polar surface area (TPSA) is 68.0 Å². The Bertz CT molecular complexity index is 546. The second-order valence-electron chi connectivity index (χ2n) is 4.93. The van der Waals surface area contributed by atoms with Crippen LogP contribution >= 0.6 is 22.7 Å². The zero-order valence-corrected chi connectivity index (χ0v) is 12.6. The summed E-state index contributed by atoms with van der Waals surface area (Å²) in [6.07, 6.45) is 0.297. The zero-order chi connectivity index (χ0) is 13.9. The average molecular weight is 295 g/mol. The summed E-state index contributed by atoms with van der Waals surface area (Å²) < 4.78 is 0. The molecule has 3 N–H and O–H groups in total. The Morgan fingerprint density at radius 2 is 2.26 bits per heavy atom. The number of carbonyl (C=O) groups excluding carboxylic acids is 1. The third kappa shape index (κ3) is 3.86. The van der Waals surface area contributed by atoms with Crippen LogP contribution in [-0.4, -0.2) is 23.0 Å². The van der Waals surface area contributed by atoms with Crippen molar-refractivity contribution in [1.29, 1.82) is 0 Å². The van der Waals surface area contributed by atoms with E-state index in [2.05, 4.69) is 10.3 Å². The number of aromatic nitrogens is 1. The zero-order valence-electron chi connectivity index (χ0n) is 11.0. The van der Waals surface area contributed by atoms with E-state index >= 15 is 0 Å². The molecule has 0 atom stereocenters. The minimum Gasteiger partial charge on any atom is -0.350 e. The van der Waals surface area contributed by atoms with Gasteiger partial charge in [-0.3, -0.25) is 4.79 Å². The molecule has 0 aromatic carbocycles. The highest BCUT2D eigenvalue weighted by Crippen LogP contribution is 2.27. The molecule has 2 aromatic rings. The van der Waals surface area contributed by atoms with Gasteiger partial charge in [-0.15, -0.1) is 22.7 Å². The van der Waals surface area contributed by atoms with Gasteiger partial charge in [0.15, 0.2) is 0 Å². The molecule has 4 nitrogen and oxygen atoms in total. The fourth-order valence-corrected chi connectivity index (χ4v) is 3.17. The Morgan fingerprint density at radius 1 is 1.47 bits per heavy atom. The molecule has 1 amide bonds. The van der Waals surface area contributed by atoms with Crippen LogP contribution in [0.15, 0.2) is 22.9 Å². The Labute approximate surface area is 120 Å². The number of rotatable bonds is 5. The van der Waals surface area contributed by atoms with Crippen molar-refractivity contribution in [3.05, 3.63) is 28.6 Å². The van der Waals surface area contributed by atoms with Crippen LogP contribution in [0.1, 0.15) is 19.5 Å². The van der Waals surface area contributed by atoms with E-state index in [1.807, 2.05) is 36.7 Å². The number of thiophene rings is 1. The maximum atomic E-state index is 11.9. The third-order valence-electron chi connectivity index (χ3n) is 2.61. The Morgan fingerprint density at radius 3 is 2.89 bits per heavy atom. The number of amides is 1. The number of hydrogen-bond acceptors (Lipinski definition) is 5. The maximum Gasteiger partial charge on any atom is 0.226 e. The Balaban J connectivity index is 1.99. The van der Waals surface area contributed by atoms with E-state index in [0.29, 0.717) is 13.0 Å². The molecule has 2 heterocycles. The van der Waals surface area contributed by atoms with E-state index < -0.39 is 0 Å². The number of thiazole rings is 1. The van der Waals surface area contributed by atoms with Gasteiger partial charge in [-0.2, -0.15) is 0 Å². The lowest BCUT2D eigenvalue weighted by atomic mass is 10.1. The van der Waals surface area contributed by atoms with Gasteiger partial charge in [0.2, 0.25) is 5.91 Å². The van der Waals surface area contributed by atoms with E-state index in [1.165, 1.54) is 0 Å². The number of nitrogens with one attached hydrogen (secondary N) is 1. The molecule has 19 heavy (non-hydrogen) atoms. The van der Waals surface area contributed by atoms with E-state index in [-0.39, 0.29) is 11.4 Å². The summed E-state index contributed by atoms with van der Waals surface area (Å²) in [7, 11) is 0. The lowest BCUT2D eigenvalue weighted by Gasteiger charge is -2.23. The molecular formula is C13H17N3OS2. The number of nitrogens with zero attached hydrogens (tertiary/aromatic N) is 1. The van der Waals surface area contributed by atoms with E-state index in [4.69, 9.17) is 5.73 Å². The average Bonchev–Trinajstić information content (AvgIpc) is 2.97. The van der Waals surface area contributed by atoms with Crippen LogP contribution in [0.2, 0.25) is 0 Å². The monoisotopic (exact) mass is 295 g/mol. The number of carbonyl (C=O) groups is 1. The van der Waals surface area contributed by atoms with Gasteiger partial charge >= 0.3 is 0 Å². The van der Waals surface area contributed by atoms with Crippen molar-refractivity contribution in [3.8, 4) is 9.88 Å². The van der Waals surface area contributed by atoms with Crippen molar-refractivity contribution in [2.75, 3.05) is 6.54 Å². The van der Waals surface area contributed by atoms with E-state index in [9.17, 15) is 4.79 Å². The molecule has 0 fully saturated rings. The van der Waals surface area contributed by atoms with Crippen molar-refractivity contribution in [3.63, 3.8) is 0 Å². The molecule has 0 spiro atoms. The first-order chi connectivity index (χ1) is 9.00. The lowest BCUT2D eigenvalue weighted by molar-refractivity contribution is -0.121. The van der Waals surface area contributed by atoms with Crippen molar-refractivity contribution in [2.24, 2.45) is 5.73 Å². The molecule has 0 saturated carbocycles. The summed E-state index contributed by atoms with van der Waals surface area (Å²) in [6, 6.07) is 4.03. The molecule has 0 bridgehead atoms. The van der Waals surface area contributed by atoms with Crippen LogP contribution in [0.5, 0.6) is 0 Å². The fraction of sp³-hybridized carbons (Fsp3) is 0.385.